The molecule has 0 aliphatic heterocycles. The minimum atomic E-state index is -2.92. The lowest BCUT2D eigenvalue weighted by atomic mass is 9.84. The summed E-state index contributed by atoms with van der Waals surface area (Å²) in [6.45, 7) is -2.92. The molecule has 0 saturated heterocycles. The van der Waals surface area contributed by atoms with E-state index in [0.29, 0.717) is 16.7 Å². The highest BCUT2D eigenvalue weighted by molar-refractivity contribution is 6.23. The van der Waals surface area contributed by atoms with Crippen molar-refractivity contribution in [1.29, 1.82) is 0 Å². The molecular weight excluding hydrogens is 496 g/mol. The van der Waals surface area contributed by atoms with Crippen LogP contribution in [0.2, 0.25) is 0 Å². The zero-order valence-electron chi connectivity index (χ0n) is 27.2. The number of benzene rings is 7. The van der Waals surface area contributed by atoms with Crippen molar-refractivity contribution < 1.29 is 6.85 Å². The summed E-state index contributed by atoms with van der Waals surface area (Å²) in [6.07, 6.45) is -2.69. The normalized spacial score (nSPS) is 14.1. The van der Waals surface area contributed by atoms with Gasteiger partial charge in [0, 0.05) is 18.6 Å². The Kier molecular flexibility index (Phi) is 4.38. The van der Waals surface area contributed by atoms with Gasteiger partial charge in [0.2, 0.25) is 0 Å². The van der Waals surface area contributed by atoms with Crippen molar-refractivity contribution in [1.82, 2.24) is 9.55 Å². The number of hydrogen-bond donors (Lipinski definition) is 0. The number of hydrogen-bond acceptors (Lipinski definition) is 1. The summed E-state index contributed by atoms with van der Waals surface area (Å²) in [5, 5.41) is 6.41. The van der Waals surface area contributed by atoms with Gasteiger partial charge in [0.1, 0.15) is 5.82 Å². The third-order valence-corrected chi connectivity index (χ3v) is 8.08. The van der Waals surface area contributed by atoms with E-state index in [-0.39, 0.29) is 5.82 Å². The zero-order valence-corrected chi connectivity index (χ0v) is 22.2. The first-order chi connectivity index (χ1) is 22.3. The van der Waals surface area contributed by atoms with E-state index in [2.05, 4.69) is 89.9 Å². The molecule has 41 heavy (non-hydrogen) atoms. The van der Waals surface area contributed by atoms with Gasteiger partial charge in [-0.05, 0) is 67.4 Å². The first kappa shape index (κ1) is 19.0. The van der Waals surface area contributed by atoms with E-state index < -0.39 is 13.2 Å². The third kappa shape index (κ3) is 3.61. The molecule has 0 radical (unpaired) electrons. The third-order valence-electron chi connectivity index (χ3n) is 8.08. The van der Waals surface area contributed by atoms with Crippen LogP contribution in [-0.2, 0) is 6.37 Å². The van der Waals surface area contributed by atoms with Gasteiger partial charge in [-0.1, -0.05) is 128 Å². The van der Waals surface area contributed by atoms with Crippen molar-refractivity contribution in [2.75, 3.05) is 0 Å². The average Bonchev–Trinajstić information content (AvgIpc) is 3.47. The SMILES string of the molecule is [2H]C([2H])([2H])C([2H])([2H])c1nc2ccccc2n1-c1ccc(-c2c3ccccc3c(-c3ccccc3)c3ccccc23)c2ccccc12. The number of fused-ring (bicyclic) bond motifs is 4. The molecule has 0 atom stereocenters. The van der Waals surface area contributed by atoms with Gasteiger partial charge in [0.15, 0.2) is 0 Å². The lowest BCUT2D eigenvalue weighted by molar-refractivity contribution is 0.913. The number of imidazole rings is 1. The van der Waals surface area contributed by atoms with Gasteiger partial charge in [-0.2, -0.15) is 0 Å². The summed E-state index contributed by atoms with van der Waals surface area (Å²) in [6, 6.07) is 47.0. The fraction of sp³-hybridized carbons (Fsp3) is 0.0513. The summed E-state index contributed by atoms with van der Waals surface area (Å²) in [4.78, 5) is 4.56. The van der Waals surface area contributed by atoms with Gasteiger partial charge in [0.25, 0.3) is 0 Å². The van der Waals surface area contributed by atoms with Crippen LogP contribution in [0.3, 0.4) is 0 Å². The van der Waals surface area contributed by atoms with E-state index in [1.54, 1.807) is 10.6 Å². The molecule has 1 heterocycles. The van der Waals surface area contributed by atoms with Gasteiger partial charge < -0.3 is 0 Å². The molecule has 0 spiro atoms. The molecule has 1 aromatic heterocycles. The molecule has 0 aliphatic rings. The summed E-state index contributed by atoms with van der Waals surface area (Å²) in [7, 11) is 0. The second-order valence-corrected chi connectivity index (χ2v) is 10.3. The Hall–Kier alpha value is -5.21. The van der Waals surface area contributed by atoms with E-state index in [0.717, 1.165) is 49.0 Å². The maximum atomic E-state index is 8.72. The Balaban J connectivity index is 1.47. The van der Waals surface area contributed by atoms with Crippen LogP contribution in [0.4, 0.5) is 0 Å². The lowest BCUT2D eigenvalue weighted by Crippen LogP contribution is -2.01. The van der Waals surface area contributed by atoms with Crippen LogP contribution in [-0.4, -0.2) is 9.55 Å². The molecule has 2 nitrogen and oxygen atoms in total. The Labute approximate surface area is 246 Å². The maximum absolute atomic E-state index is 8.72. The van der Waals surface area contributed by atoms with Gasteiger partial charge in [0.05, 0.1) is 16.7 Å². The molecule has 0 unspecified atom stereocenters. The van der Waals surface area contributed by atoms with Crippen molar-refractivity contribution in [3.05, 3.63) is 145 Å². The van der Waals surface area contributed by atoms with Gasteiger partial charge in [-0.15, -0.1) is 0 Å². The van der Waals surface area contributed by atoms with Crippen molar-refractivity contribution in [3.63, 3.8) is 0 Å². The lowest BCUT2D eigenvalue weighted by Gasteiger charge is -2.20. The van der Waals surface area contributed by atoms with Crippen LogP contribution in [0.5, 0.6) is 0 Å². The van der Waals surface area contributed by atoms with Crippen LogP contribution in [0.25, 0.3) is 71.3 Å². The average molecular weight is 530 g/mol. The van der Waals surface area contributed by atoms with E-state index in [1.165, 1.54) is 5.56 Å². The summed E-state index contributed by atoms with van der Waals surface area (Å²) < 4.78 is 43.3. The highest BCUT2D eigenvalue weighted by Gasteiger charge is 2.20. The monoisotopic (exact) mass is 529 g/mol. The summed E-state index contributed by atoms with van der Waals surface area (Å²) >= 11 is 0. The molecule has 2 heteroatoms. The quantitative estimate of drug-likeness (QED) is 0.207. The molecular formula is C39H28N2. The first-order valence-electron chi connectivity index (χ1n) is 16.2. The first-order valence-corrected chi connectivity index (χ1v) is 13.7. The standard InChI is InChI=1S/C39H28N2/c1-2-37-40-34-22-12-13-23-36(34)41(37)35-25-24-33(27-16-6-7-17-28(27)35)39-31-20-10-8-18-29(31)38(26-14-4-3-5-15-26)30-19-9-11-21-32(30)39/h3-25H,2H2,1H3/i1D3,2D2. The molecule has 0 aliphatic carbocycles. The number of nitrogens with zero attached hydrogens (tertiary/aromatic N) is 2. The zero-order chi connectivity index (χ0) is 31.6. The molecule has 0 bridgehead atoms. The molecule has 0 fully saturated rings. The Morgan fingerprint density at radius 3 is 1.80 bits per heavy atom. The minimum absolute atomic E-state index is 0.144. The predicted molar refractivity (Wildman–Crippen MR) is 174 cm³/mol. The molecule has 0 N–H and O–H groups in total. The molecule has 194 valence electrons. The number of aryl methyl sites for hydroxylation is 1. The fourth-order valence-corrected chi connectivity index (χ4v) is 6.38. The Morgan fingerprint density at radius 1 is 0.561 bits per heavy atom. The minimum Gasteiger partial charge on any atom is -0.296 e. The highest BCUT2D eigenvalue weighted by atomic mass is 15.1. The van der Waals surface area contributed by atoms with E-state index in [1.807, 2.05) is 48.5 Å². The van der Waals surface area contributed by atoms with Crippen LogP contribution in [0, 0.1) is 0 Å². The van der Waals surface area contributed by atoms with Crippen molar-refractivity contribution in [3.8, 4) is 27.9 Å². The van der Waals surface area contributed by atoms with Crippen molar-refractivity contribution in [2.45, 2.75) is 13.2 Å². The van der Waals surface area contributed by atoms with Gasteiger partial charge in [-0.25, -0.2) is 4.98 Å². The largest absolute Gasteiger partial charge is 0.296 e. The molecule has 0 saturated carbocycles. The topological polar surface area (TPSA) is 17.8 Å². The highest BCUT2D eigenvalue weighted by Crippen LogP contribution is 2.46. The number of aromatic nitrogens is 2. The number of rotatable bonds is 4. The maximum Gasteiger partial charge on any atom is 0.114 e. The second-order valence-electron chi connectivity index (χ2n) is 10.3. The van der Waals surface area contributed by atoms with Crippen LogP contribution < -0.4 is 0 Å². The van der Waals surface area contributed by atoms with Gasteiger partial charge >= 0.3 is 0 Å². The van der Waals surface area contributed by atoms with Gasteiger partial charge in [-0.3, -0.25) is 4.57 Å². The summed E-state index contributed by atoms with van der Waals surface area (Å²) in [5.74, 6) is -0.144. The predicted octanol–water partition coefficient (Wildman–Crippen LogP) is 10.4. The van der Waals surface area contributed by atoms with Crippen molar-refractivity contribution in [2.24, 2.45) is 0 Å². The molecule has 8 aromatic rings. The van der Waals surface area contributed by atoms with E-state index >= 15 is 0 Å². The Bertz CT molecular complexity index is 2390. The Morgan fingerprint density at radius 2 is 1.12 bits per heavy atom. The molecule has 0 amide bonds. The van der Waals surface area contributed by atoms with E-state index in [4.69, 9.17) is 6.85 Å². The summed E-state index contributed by atoms with van der Waals surface area (Å²) in [5.41, 5.74) is 6.35. The van der Waals surface area contributed by atoms with Crippen LogP contribution in [0.15, 0.2) is 140 Å². The number of para-hydroxylation sites is 2. The fourth-order valence-electron chi connectivity index (χ4n) is 6.38. The smallest absolute Gasteiger partial charge is 0.114 e. The van der Waals surface area contributed by atoms with Crippen molar-refractivity contribution >= 4 is 43.4 Å². The van der Waals surface area contributed by atoms with Crippen LogP contribution in [0.1, 0.15) is 19.5 Å². The molecule has 7 aromatic carbocycles. The van der Waals surface area contributed by atoms with Crippen LogP contribution >= 0.6 is 0 Å². The van der Waals surface area contributed by atoms with E-state index in [9.17, 15) is 0 Å². The second kappa shape index (κ2) is 9.46. The molecule has 8 rings (SSSR count).